The van der Waals surface area contributed by atoms with Crippen molar-refractivity contribution in [1.82, 2.24) is 15.8 Å². The molecular weight excluding hydrogens is 254 g/mol. The molecule has 0 aromatic carbocycles. The van der Waals surface area contributed by atoms with E-state index >= 15 is 0 Å². The minimum Gasteiger partial charge on any atom is -0.361 e. The fourth-order valence-electron chi connectivity index (χ4n) is 2.46. The first-order chi connectivity index (χ1) is 9.46. The van der Waals surface area contributed by atoms with Crippen LogP contribution in [-0.4, -0.2) is 30.7 Å². The number of hydrogen-bond donors (Lipinski definition) is 2. The Kier molecular flexibility index (Phi) is 6.20. The molecule has 2 unspecified atom stereocenters. The van der Waals surface area contributed by atoms with Crippen LogP contribution in [-0.2, 0) is 6.42 Å². The number of nitrogens with zero attached hydrogens (tertiary/aromatic N) is 1. The smallest absolute Gasteiger partial charge is 0.273 e. The zero-order chi connectivity index (χ0) is 15.2. The Morgan fingerprint density at radius 1 is 1.50 bits per heavy atom. The van der Waals surface area contributed by atoms with Gasteiger partial charge in [0.1, 0.15) is 5.76 Å². The summed E-state index contributed by atoms with van der Waals surface area (Å²) in [6, 6.07) is 1.77. The summed E-state index contributed by atoms with van der Waals surface area (Å²) in [4.78, 5) is 12.2. The van der Waals surface area contributed by atoms with Crippen molar-refractivity contribution in [2.75, 3.05) is 13.6 Å². The highest BCUT2D eigenvalue weighted by atomic mass is 16.5. The van der Waals surface area contributed by atoms with Crippen LogP contribution < -0.4 is 10.6 Å². The van der Waals surface area contributed by atoms with Crippen LogP contribution in [0.15, 0.2) is 10.6 Å². The minimum absolute atomic E-state index is 0.0243. The highest BCUT2D eigenvalue weighted by Gasteiger charge is 2.31. The van der Waals surface area contributed by atoms with Crippen LogP contribution in [0.2, 0.25) is 0 Å². The maximum atomic E-state index is 12.2. The van der Waals surface area contributed by atoms with E-state index in [0.717, 1.165) is 31.6 Å². The van der Waals surface area contributed by atoms with Gasteiger partial charge < -0.3 is 15.2 Å². The molecule has 20 heavy (non-hydrogen) atoms. The average molecular weight is 281 g/mol. The number of aromatic nitrogens is 1. The Labute approximate surface area is 121 Å². The first kappa shape index (κ1) is 16.7. The molecule has 1 aromatic rings. The Morgan fingerprint density at radius 3 is 2.70 bits per heavy atom. The van der Waals surface area contributed by atoms with Crippen LogP contribution in [0.5, 0.6) is 0 Å². The quantitative estimate of drug-likeness (QED) is 0.767. The normalized spacial score (nSPS) is 15.7. The summed E-state index contributed by atoms with van der Waals surface area (Å²) >= 11 is 0. The predicted molar refractivity (Wildman–Crippen MR) is 79.8 cm³/mol. The van der Waals surface area contributed by atoms with Gasteiger partial charge in [-0.3, -0.25) is 4.79 Å². The van der Waals surface area contributed by atoms with Crippen LogP contribution in [0, 0.1) is 5.41 Å². The summed E-state index contributed by atoms with van der Waals surface area (Å²) in [7, 11) is 1.94. The number of rotatable bonds is 8. The van der Waals surface area contributed by atoms with E-state index in [4.69, 9.17) is 4.52 Å². The zero-order valence-electron chi connectivity index (χ0n) is 13.2. The first-order valence-electron chi connectivity index (χ1n) is 7.37. The number of carbonyl (C=O) groups excluding carboxylic acids is 1. The molecule has 0 spiro atoms. The van der Waals surface area contributed by atoms with Gasteiger partial charge in [0, 0.05) is 25.1 Å². The highest BCUT2D eigenvalue weighted by Crippen LogP contribution is 2.27. The maximum Gasteiger partial charge on any atom is 0.273 e. The molecule has 2 N–H and O–H groups in total. The van der Waals surface area contributed by atoms with Crippen LogP contribution in [0.4, 0.5) is 0 Å². The maximum absolute atomic E-state index is 12.2. The number of carbonyl (C=O) groups is 1. The van der Waals surface area contributed by atoms with Crippen LogP contribution >= 0.6 is 0 Å². The lowest BCUT2D eigenvalue weighted by atomic mass is 9.79. The molecule has 1 rings (SSSR count). The molecule has 1 aromatic heterocycles. The van der Waals surface area contributed by atoms with E-state index < -0.39 is 0 Å². The van der Waals surface area contributed by atoms with E-state index in [-0.39, 0.29) is 17.4 Å². The van der Waals surface area contributed by atoms with Crippen molar-refractivity contribution in [3.05, 3.63) is 17.5 Å². The summed E-state index contributed by atoms with van der Waals surface area (Å²) in [6.07, 6.45) is 2.87. The molecule has 2 atom stereocenters. The third-order valence-corrected chi connectivity index (χ3v) is 3.93. The number of nitrogens with one attached hydrogen (secondary N) is 2. The van der Waals surface area contributed by atoms with Gasteiger partial charge in [-0.05, 0) is 25.8 Å². The second-order valence-corrected chi connectivity index (χ2v) is 5.66. The third-order valence-electron chi connectivity index (χ3n) is 3.93. The highest BCUT2D eigenvalue weighted by molar-refractivity contribution is 5.92. The molecule has 5 nitrogen and oxygen atoms in total. The van der Waals surface area contributed by atoms with Gasteiger partial charge in [0.15, 0.2) is 5.69 Å². The topological polar surface area (TPSA) is 67.2 Å². The van der Waals surface area contributed by atoms with Crippen LogP contribution in [0.3, 0.4) is 0 Å². The van der Waals surface area contributed by atoms with Crippen molar-refractivity contribution >= 4 is 5.91 Å². The third kappa shape index (κ3) is 4.07. The summed E-state index contributed by atoms with van der Waals surface area (Å²) in [5.74, 6) is 0.564. The Bertz CT molecular complexity index is 423. The van der Waals surface area contributed by atoms with E-state index in [9.17, 15) is 4.79 Å². The van der Waals surface area contributed by atoms with Gasteiger partial charge in [0.2, 0.25) is 0 Å². The lowest BCUT2D eigenvalue weighted by Crippen LogP contribution is -2.48. The fraction of sp³-hybridized carbons (Fsp3) is 0.733. The number of hydrogen-bond acceptors (Lipinski definition) is 4. The van der Waals surface area contributed by atoms with Crippen molar-refractivity contribution in [1.29, 1.82) is 0 Å². The molecule has 0 fully saturated rings. The van der Waals surface area contributed by atoms with Gasteiger partial charge in [-0.25, -0.2) is 0 Å². The Hall–Kier alpha value is -1.36. The average Bonchev–Trinajstić information content (AvgIpc) is 2.88. The fourth-order valence-corrected chi connectivity index (χ4v) is 2.46. The van der Waals surface area contributed by atoms with Crippen molar-refractivity contribution < 1.29 is 9.32 Å². The lowest BCUT2D eigenvalue weighted by molar-refractivity contribution is 0.0879. The molecule has 0 aliphatic carbocycles. The molecule has 114 valence electrons. The van der Waals surface area contributed by atoms with E-state index in [1.54, 1.807) is 6.07 Å². The minimum atomic E-state index is -0.167. The van der Waals surface area contributed by atoms with E-state index in [1.807, 2.05) is 20.9 Å². The van der Waals surface area contributed by atoms with Crippen molar-refractivity contribution in [2.24, 2.45) is 5.41 Å². The van der Waals surface area contributed by atoms with Crippen LogP contribution in [0.25, 0.3) is 0 Å². The van der Waals surface area contributed by atoms with Gasteiger partial charge in [0.05, 0.1) is 0 Å². The Morgan fingerprint density at radius 2 is 2.20 bits per heavy atom. The van der Waals surface area contributed by atoms with E-state index in [2.05, 4.69) is 29.6 Å². The monoisotopic (exact) mass is 281 g/mol. The molecular formula is C15H27N3O2. The van der Waals surface area contributed by atoms with Gasteiger partial charge in [-0.1, -0.05) is 32.3 Å². The molecule has 0 saturated heterocycles. The summed E-state index contributed by atoms with van der Waals surface area (Å²) < 4.78 is 5.07. The predicted octanol–water partition coefficient (Wildman–Crippen LogP) is 2.38. The van der Waals surface area contributed by atoms with Gasteiger partial charge in [-0.15, -0.1) is 0 Å². The molecule has 0 aliphatic rings. The van der Waals surface area contributed by atoms with E-state index in [0.29, 0.717) is 5.69 Å². The van der Waals surface area contributed by atoms with Gasteiger partial charge in [-0.2, -0.15) is 0 Å². The molecule has 0 radical (unpaired) electrons. The van der Waals surface area contributed by atoms with E-state index in [1.165, 1.54) is 0 Å². The van der Waals surface area contributed by atoms with Gasteiger partial charge in [0.25, 0.3) is 5.91 Å². The Balaban J connectivity index is 2.71. The summed E-state index contributed by atoms with van der Waals surface area (Å²) in [5, 5.41) is 10.1. The molecule has 0 bridgehead atoms. The first-order valence-corrected chi connectivity index (χ1v) is 7.37. The zero-order valence-corrected chi connectivity index (χ0v) is 13.2. The SMILES string of the molecule is CCCC(C)(CNC)C(C)NC(=O)c1cc(CC)on1. The second-order valence-electron chi connectivity index (χ2n) is 5.66. The summed E-state index contributed by atoms with van der Waals surface area (Å²) in [5.41, 5.74) is 0.383. The molecule has 1 amide bonds. The molecule has 0 aliphatic heterocycles. The molecule has 1 heterocycles. The van der Waals surface area contributed by atoms with Crippen molar-refractivity contribution in [2.45, 2.75) is 53.0 Å². The molecule has 0 saturated carbocycles. The lowest BCUT2D eigenvalue weighted by Gasteiger charge is -2.36. The number of aryl methyl sites for hydroxylation is 1. The second kappa shape index (κ2) is 7.43. The largest absolute Gasteiger partial charge is 0.361 e. The number of amides is 1. The van der Waals surface area contributed by atoms with Gasteiger partial charge >= 0.3 is 0 Å². The standard InChI is InChI=1S/C15H27N3O2/c1-6-8-15(4,10-16-5)11(3)17-14(19)13-9-12(7-2)20-18-13/h9,11,16H,6-8,10H2,1-5H3,(H,17,19). The molecule has 5 heteroatoms. The summed E-state index contributed by atoms with van der Waals surface area (Å²) in [6.45, 7) is 9.23. The van der Waals surface area contributed by atoms with Crippen molar-refractivity contribution in [3.63, 3.8) is 0 Å². The van der Waals surface area contributed by atoms with Crippen LogP contribution in [0.1, 0.15) is 56.8 Å². The van der Waals surface area contributed by atoms with Crippen molar-refractivity contribution in [3.8, 4) is 0 Å².